The Balaban J connectivity index is 1.31. The van der Waals surface area contributed by atoms with E-state index >= 15 is 0 Å². The van der Waals surface area contributed by atoms with Crippen LogP contribution in [0.1, 0.15) is 67.4 Å². The van der Waals surface area contributed by atoms with Crippen molar-refractivity contribution in [2.75, 3.05) is 38.0 Å². The Labute approximate surface area is 172 Å². The van der Waals surface area contributed by atoms with Crippen LogP contribution in [0.15, 0.2) is 0 Å². The van der Waals surface area contributed by atoms with Gasteiger partial charge in [0, 0.05) is 30.4 Å². The maximum atomic E-state index is 12.6. The third-order valence-corrected chi connectivity index (χ3v) is 7.79. The SMILES string of the molecule is N#Cc1c(NC(=O)CCN2CCCC2CN2CCCC2)sc2c1CCCCC2. The Hall–Kier alpha value is -1.42. The predicted molar refractivity (Wildman–Crippen MR) is 114 cm³/mol. The van der Waals surface area contributed by atoms with Crippen LogP contribution < -0.4 is 5.32 Å². The fraction of sp³-hybridized carbons (Fsp3) is 0.727. The van der Waals surface area contributed by atoms with Crippen molar-refractivity contribution in [2.45, 2.75) is 70.3 Å². The van der Waals surface area contributed by atoms with E-state index in [2.05, 4.69) is 21.2 Å². The first-order chi connectivity index (χ1) is 13.7. The first kappa shape index (κ1) is 19.9. The van der Waals surface area contributed by atoms with Crippen LogP contribution in [-0.4, -0.2) is 54.5 Å². The summed E-state index contributed by atoms with van der Waals surface area (Å²) >= 11 is 1.63. The molecular formula is C22H32N4OS. The molecule has 2 saturated heterocycles. The van der Waals surface area contributed by atoms with E-state index in [9.17, 15) is 10.1 Å². The summed E-state index contributed by atoms with van der Waals surface area (Å²) in [6.07, 6.45) is 11.3. The molecule has 1 atom stereocenters. The van der Waals surface area contributed by atoms with Gasteiger partial charge < -0.3 is 10.2 Å². The largest absolute Gasteiger partial charge is 0.317 e. The summed E-state index contributed by atoms with van der Waals surface area (Å²) in [6.45, 7) is 5.59. The highest BCUT2D eigenvalue weighted by Gasteiger charge is 2.28. The standard InChI is InChI=1S/C22H32N4OS/c23-15-19-18-8-2-1-3-9-20(18)28-22(19)24-21(27)10-14-26-13-6-7-17(26)16-25-11-4-5-12-25/h17H,1-14,16H2,(H,24,27). The van der Waals surface area contributed by atoms with Gasteiger partial charge in [0.25, 0.3) is 0 Å². The van der Waals surface area contributed by atoms with Crippen molar-refractivity contribution in [3.05, 3.63) is 16.0 Å². The van der Waals surface area contributed by atoms with Crippen molar-refractivity contribution in [3.63, 3.8) is 0 Å². The zero-order valence-electron chi connectivity index (χ0n) is 16.8. The second-order valence-corrected chi connectivity index (χ2v) is 9.62. The van der Waals surface area contributed by atoms with Crippen molar-refractivity contribution in [1.29, 1.82) is 5.26 Å². The van der Waals surface area contributed by atoms with Gasteiger partial charge in [-0.2, -0.15) is 5.26 Å². The van der Waals surface area contributed by atoms with Gasteiger partial charge in [-0.25, -0.2) is 0 Å². The van der Waals surface area contributed by atoms with E-state index in [0.29, 0.717) is 12.5 Å². The molecule has 4 rings (SSSR count). The molecule has 1 aromatic heterocycles. The van der Waals surface area contributed by atoms with Gasteiger partial charge in [0.1, 0.15) is 11.1 Å². The van der Waals surface area contributed by atoms with E-state index in [1.807, 2.05) is 0 Å². The topological polar surface area (TPSA) is 59.4 Å². The summed E-state index contributed by atoms with van der Waals surface area (Å²) in [5.74, 6) is 0.0553. The molecule has 0 bridgehead atoms. The summed E-state index contributed by atoms with van der Waals surface area (Å²) in [7, 11) is 0. The molecule has 0 aromatic carbocycles. The molecule has 0 radical (unpaired) electrons. The average Bonchev–Trinajstić information content (AvgIpc) is 3.39. The zero-order valence-corrected chi connectivity index (χ0v) is 17.7. The molecule has 0 spiro atoms. The number of hydrogen-bond donors (Lipinski definition) is 1. The molecule has 2 fully saturated rings. The molecule has 1 amide bonds. The van der Waals surface area contributed by atoms with Crippen LogP contribution in [-0.2, 0) is 17.6 Å². The number of nitrogens with one attached hydrogen (secondary N) is 1. The Morgan fingerprint density at radius 3 is 2.75 bits per heavy atom. The van der Waals surface area contributed by atoms with Gasteiger partial charge in [-0.1, -0.05) is 6.42 Å². The molecule has 6 heteroatoms. The number of carbonyl (C=O) groups excluding carboxylic acids is 1. The zero-order chi connectivity index (χ0) is 19.3. The quantitative estimate of drug-likeness (QED) is 0.739. The summed E-state index contributed by atoms with van der Waals surface area (Å²) in [4.78, 5) is 19.0. The molecular weight excluding hydrogens is 368 g/mol. The lowest BCUT2D eigenvalue weighted by Gasteiger charge is -2.28. The minimum Gasteiger partial charge on any atom is -0.317 e. The van der Waals surface area contributed by atoms with Crippen molar-refractivity contribution in [2.24, 2.45) is 0 Å². The molecule has 0 saturated carbocycles. The number of rotatable bonds is 6. The third kappa shape index (κ3) is 4.59. The molecule has 5 nitrogen and oxygen atoms in total. The van der Waals surface area contributed by atoms with Crippen LogP contribution in [0.4, 0.5) is 5.00 Å². The number of nitriles is 1. The summed E-state index contributed by atoms with van der Waals surface area (Å²) < 4.78 is 0. The average molecular weight is 401 g/mol. The number of thiophene rings is 1. The number of likely N-dealkylation sites (tertiary alicyclic amines) is 2. The molecule has 2 aliphatic heterocycles. The van der Waals surface area contributed by atoms with Gasteiger partial charge in [0.2, 0.25) is 5.91 Å². The number of anilines is 1. The van der Waals surface area contributed by atoms with E-state index < -0.39 is 0 Å². The highest BCUT2D eigenvalue weighted by atomic mass is 32.1. The van der Waals surface area contributed by atoms with Gasteiger partial charge in [-0.15, -0.1) is 11.3 Å². The second-order valence-electron chi connectivity index (χ2n) is 8.52. The smallest absolute Gasteiger partial charge is 0.226 e. The van der Waals surface area contributed by atoms with Crippen LogP contribution in [0.5, 0.6) is 0 Å². The molecule has 1 unspecified atom stereocenters. The Kier molecular flexibility index (Phi) is 6.66. The van der Waals surface area contributed by atoms with Gasteiger partial charge in [-0.3, -0.25) is 9.69 Å². The predicted octanol–water partition coefficient (Wildman–Crippen LogP) is 3.78. The van der Waals surface area contributed by atoms with Gasteiger partial charge in [0.05, 0.1) is 5.56 Å². The maximum absolute atomic E-state index is 12.6. The van der Waals surface area contributed by atoms with E-state index in [4.69, 9.17) is 0 Å². The van der Waals surface area contributed by atoms with E-state index in [-0.39, 0.29) is 5.91 Å². The third-order valence-electron chi connectivity index (χ3n) is 6.58. The van der Waals surface area contributed by atoms with Crippen LogP contribution in [0.25, 0.3) is 0 Å². The van der Waals surface area contributed by atoms with Gasteiger partial charge >= 0.3 is 0 Å². The van der Waals surface area contributed by atoms with Crippen LogP contribution in [0.3, 0.4) is 0 Å². The second kappa shape index (κ2) is 9.39. The first-order valence-corrected chi connectivity index (χ1v) is 11.9. The molecule has 3 heterocycles. The number of aryl methyl sites for hydroxylation is 1. The minimum absolute atomic E-state index is 0.0553. The van der Waals surface area contributed by atoms with E-state index in [0.717, 1.165) is 49.5 Å². The summed E-state index contributed by atoms with van der Waals surface area (Å²) in [6, 6.07) is 2.97. The number of nitrogens with zero attached hydrogens (tertiary/aromatic N) is 3. The number of fused-ring (bicyclic) bond motifs is 1. The number of hydrogen-bond acceptors (Lipinski definition) is 5. The number of carbonyl (C=O) groups is 1. The lowest BCUT2D eigenvalue weighted by molar-refractivity contribution is -0.116. The van der Waals surface area contributed by atoms with E-state index in [1.165, 1.54) is 62.1 Å². The van der Waals surface area contributed by atoms with Crippen molar-refractivity contribution < 1.29 is 4.79 Å². The van der Waals surface area contributed by atoms with Crippen molar-refractivity contribution in [3.8, 4) is 6.07 Å². The normalized spacial score (nSPS) is 23.3. The Morgan fingerprint density at radius 2 is 1.93 bits per heavy atom. The van der Waals surface area contributed by atoms with Gasteiger partial charge in [-0.05, 0) is 76.6 Å². The maximum Gasteiger partial charge on any atom is 0.226 e. The fourth-order valence-corrected chi connectivity index (χ4v) is 6.30. The minimum atomic E-state index is 0.0553. The van der Waals surface area contributed by atoms with Crippen molar-refractivity contribution >= 4 is 22.2 Å². The van der Waals surface area contributed by atoms with Crippen LogP contribution in [0, 0.1) is 11.3 Å². The van der Waals surface area contributed by atoms with Crippen LogP contribution >= 0.6 is 11.3 Å². The molecule has 1 aromatic rings. The lowest BCUT2D eigenvalue weighted by atomic mass is 10.1. The monoisotopic (exact) mass is 400 g/mol. The van der Waals surface area contributed by atoms with Crippen LogP contribution in [0.2, 0.25) is 0 Å². The Morgan fingerprint density at radius 1 is 1.11 bits per heavy atom. The van der Waals surface area contributed by atoms with E-state index in [1.54, 1.807) is 11.3 Å². The number of amides is 1. The molecule has 152 valence electrons. The summed E-state index contributed by atoms with van der Waals surface area (Å²) in [5.41, 5.74) is 1.92. The first-order valence-electron chi connectivity index (χ1n) is 11.1. The summed E-state index contributed by atoms with van der Waals surface area (Å²) in [5, 5.41) is 13.5. The Bertz CT molecular complexity index is 732. The molecule has 1 N–H and O–H groups in total. The lowest BCUT2D eigenvalue weighted by Crippen LogP contribution is -2.40. The molecule has 3 aliphatic rings. The highest BCUT2D eigenvalue weighted by molar-refractivity contribution is 7.16. The highest BCUT2D eigenvalue weighted by Crippen LogP contribution is 2.37. The fourth-order valence-electron chi connectivity index (χ4n) is 5.04. The van der Waals surface area contributed by atoms with Crippen molar-refractivity contribution in [1.82, 2.24) is 9.80 Å². The molecule has 28 heavy (non-hydrogen) atoms. The van der Waals surface area contributed by atoms with Gasteiger partial charge in [0.15, 0.2) is 0 Å². The molecule has 1 aliphatic carbocycles.